The van der Waals surface area contributed by atoms with Gasteiger partial charge < -0.3 is 10.3 Å². The number of amides is 1. The predicted molar refractivity (Wildman–Crippen MR) is 95.8 cm³/mol. The Morgan fingerprint density at radius 1 is 1.27 bits per heavy atom. The average molecular weight is 348 g/mol. The molecule has 2 N–H and O–H groups in total. The number of fused-ring (bicyclic) bond motifs is 2. The van der Waals surface area contributed by atoms with Crippen LogP contribution in [0.5, 0.6) is 0 Å². The number of H-pyrrole nitrogens is 1. The Morgan fingerprint density at radius 2 is 2.12 bits per heavy atom. The molecule has 130 valence electrons. The number of imidazole rings is 1. The third-order valence-electron chi connectivity index (χ3n) is 4.14. The van der Waals surface area contributed by atoms with Crippen LogP contribution in [0, 0.1) is 0 Å². The Labute approximate surface area is 147 Å². The normalized spacial score (nSPS) is 12.3. The summed E-state index contributed by atoms with van der Waals surface area (Å²) in [5, 5.41) is 2.84. The van der Waals surface area contributed by atoms with E-state index in [1.54, 1.807) is 40.9 Å². The van der Waals surface area contributed by atoms with Crippen LogP contribution in [0.25, 0.3) is 16.8 Å². The summed E-state index contributed by atoms with van der Waals surface area (Å²) in [6.45, 7) is 1.93. The Kier molecular flexibility index (Phi) is 3.92. The molecule has 1 amide bonds. The van der Waals surface area contributed by atoms with Gasteiger partial charge in [0, 0.05) is 18.6 Å². The summed E-state index contributed by atoms with van der Waals surface area (Å²) in [5.74, 6) is 0.0192. The molecule has 4 aromatic rings. The Morgan fingerprint density at radius 3 is 2.92 bits per heavy atom. The van der Waals surface area contributed by atoms with Crippen LogP contribution in [-0.2, 0) is 0 Å². The Hall–Kier alpha value is -3.55. The van der Waals surface area contributed by atoms with Crippen molar-refractivity contribution in [3.63, 3.8) is 0 Å². The van der Waals surface area contributed by atoms with Gasteiger partial charge in [-0.1, -0.05) is 19.1 Å². The minimum Gasteiger partial charge on any atom is -0.342 e. The van der Waals surface area contributed by atoms with Gasteiger partial charge in [-0.05, 0) is 24.6 Å². The van der Waals surface area contributed by atoms with Crippen molar-refractivity contribution in [2.24, 2.45) is 0 Å². The molecule has 3 heterocycles. The molecule has 26 heavy (non-hydrogen) atoms. The largest absolute Gasteiger partial charge is 0.342 e. The van der Waals surface area contributed by atoms with E-state index in [9.17, 15) is 9.59 Å². The van der Waals surface area contributed by atoms with Crippen LogP contribution in [0.3, 0.4) is 0 Å². The van der Waals surface area contributed by atoms with Gasteiger partial charge in [0.25, 0.3) is 11.5 Å². The number of hydrogen-bond acceptors (Lipinski definition) is 5. The molecule has 0 fully saturated rings. The number of carbonyl (C=O) groups is 1. The molecule has 1 atom stereocenters. The maximum Gasteiger partial charge on any atom is 0.280 e. The number of rotatable bonds is 4. The molecule has 8 nitrogen and oxygen atoms in total. The molecule has 0 aliphatic rings. The molecule has 0 saturated heterocycles. The van der Waals surface area contributed by atoms with Crippen molar-refractivity contribution in [3.05, 3.63) is 70.7 Å². The number of benzene rings is 1. The molecule has 0 saturated carbocycles. The van der Waals surface area contributed by atoms with E-state index in [-0.39, 0.29) is 11.7 Å². The summed E-state index contributed by atoms with van der Waals surface area (Å²) < 4.78 is 1.78. The third kappa shape index (κ3) is 2.81. The number of nitrogens with one attached hydrogen (secondary N) is 2. The smallest absolute Gasteiger partial charge is 0.280 e. The summed E-state index contributed by atoms with van der Waals surface area (Å²) >= 11 is 0. The van der Waals surface area contributed by atoms with Gasteiger partial charge >= 0.3 is 0 Å². The predicted octanol–water partition coefficient (Wildman–Crippen LogP) is 1.85. The monoisotopic (exact) mass is 348 g/mol. The standard InChI is InChI=1S/C18H16N6O2/c1-2-11(14-10-24-9-5-8-19-18(24)23-14)21-16(25)15-17(26)22-13-7-4-3-6-12(13)20-15/h3-11H,2H2,1H3,(H,21,25)(H,22,26). The lowest BCUT2D eigenvalue weighted by Gasteiger charge is -2.14. The van der Waals surface area contributed by atoms with Gasteiger partial charge in [-0.2, -0.15) is 0 Å². The summed E-state index contributed by atoms with van der Waals surface area (Å²) in [4.78, 5) is 40.3. The van der Waals surface area contributed by atoms with E-state index in [2.05, 4.69) is 25.3 Å². The number of aromatic nitrogens is 5. The SMILES string of the molecule is CCC(NC(=O)c1nc2ccccc2[nH]c1=O)c1cn2cccnc2n1. The van der Waals surface area contributed by atoms with Gasteiger partial charge in [0.15, 0.2) is 5.69 Å². The van der Waals surface area contributed by atoms with Crippen LogP contribution in [0.4, 0.5) is 0 Å². The molecule has 0 aliphatic carbocycles. The van der Waals surface area contributed by atoms with Crippen molar-refractivity contribution < 1.29 is 4.79 Å². The molecule has 1 unspecified atom stereocenters. The van der Waals surface area contributed by atoms with Gasteiger partial charge in [0.05, 0.1) is 22.8 Å². The molecule has 0 bridgehead atoms. The highest BCUT2D eigenvalue weighted by molar-refractivity contribution is 5.93. The lowest BCUT2D eigenvalue weighted by atomic mass is 10.1. The van der Waals surface area contributed by atoms with E-state index in [0.717, 1.165) is 0 Å². The third-order valence-corrected chi connectivity index (χ3v) is 4.14. The molecule has 3 aromatic heterocycles. The van der Waals surface area contributed by atoms with Crippen LogP contribution >= 0.6 is 0 Å². The molecule has 4 rings (SSSR count). The zero-order chi connectivity index (χ0) is 18.1. The van der Waals surface area contributed by atoms with Crippen molar-refractivity contribution >= 4 is 22.7 Å². The van der Waals surface area contributed by atoms with Crippen LogP contribution in [0.15, 0.2) is 53.7 Å². The highest BCUT2D eigenvalue weighted by Crippen LogP contribution is 2.16. The number of nitrogens with zero attached hydrogens (tertiary/aromatic N) is 4. The quantitative estimate of drug-likeness (QED) is 0.585. The van der Waals surface area contributed by atoms with E-state index >= 15 is 0 Å². The first kappa shape index (κ1) is 15.9. The zero-order valence-corrected chi connectivity index (χ0v) is 14.0. The fourth-order valence-corrected chi connectivity index (χ4v) is 2.81. The highest BCUT2D eigenvalue weighted by Gasteiger charge is 2.20. The first-order chi connectivity index (χ1) is 12.7. The average Bonchev–Trinajstić information content (AvgIpc) is 3.09. The van der Waals surface area contributed by atoms with E-state index < -0.39 is 11.5 Å². The molecule has 1 aromatic carbocycles. The van der Waals surface area contributed by atoms with Gasteiger partial charge in [-0.15, -0.1) is 0 Å². The van der Waals surface area contributed by atoms with Gasteiger partial charge in [0.2, 0.25) is 5.78 Å². The summed E-state index contributed by atoms with van der Waals surface area (Å²) in [6.07, 6.45) is 5.92. The number of hydrogen-bond donors (Lipinski definition) is 2. The molecular formula is C18H16N6O2. The maximum atomic E-state index is 12.6. The second-order valence-corrected chi connectivity index (χ2v) is 5.86. The molecule has 0 radical (unpaired) electrons. The molecule has 8 heteroatoms. The summed E-state index contributed by atoms with van der Waals surface area (Å²) in [7, 11) is 0. The first-order valence-electron chi connectivity index (χ1n) is 8.25. The van der Waals surface area contributed by atoms with Crippen molar-refractivity contribution in [3.8, 4) is 0 Å². The fourth-order valence-electron chi connectivity index (χ4n) is 2.81. The molecule has 0 aliphatic heterocycles. The number of carbonyl (C=O) groups excluding carboxylic acids is 1. The lowest BCUT2D eigenvalue weighted by Crippen LogP contribution is -2.33. The van der Waals surface area contributed by atoms with Crippen LogP contribution < -0.4 is 10.9 Å². The zero-order valence-electron chi connectivity index (χ0n) is 14.0. The van der Waals surface area contributed by atoms with Gasteiger partial charge in [-0.3, -0.25) is 14.0 Å². The van der Waals surface area contributed by atoms with E-state index in [0.29, 0.717) is 28.9 Å². The summed E-state index contributed by atoms with van der Waals surface area (Å²) in [6, 6.07) is 8.53. The van der Waals surface area contributed by atoms with E-state index in [1.807, 2.05) is 19.3 Å². The van der Waals surface area contributed by atoms with Crippen molar-refractivity contribution in [2.45, 2.75) is 19.4 Å². The van der Waals surface area contributed by atoms with Gasteiger partial charge in [0.1, 0.15) is 0 Å². The minimum atomic E-state index is -0.533. The lowest BCUT2D eigenvalue weighted by molar-refractivity contribution is 0.0928. The molecular weight excluding hydrogens is 332 g/mol. The van der Waals surface area contributed by atoms with Crippen molar-refractivity contribution in [1.82, 2.24) is 29.7 Å². The second-order valence-electron chi connectivity index (χ2n) is 5.86. The number of aromatic amines is 1. The van der Waals surface area contributed by atoms with E-state index in [1.165, 1.54) is 0 Å². The first-order valence-corrected chi connectivity index (χ1v) is 8.25. The fraction of sp³-hybridized carbons (Fsp3) is 0.167. The van der Waals surface area contributed by atoms with Crippen LogP contribution in [-0.4, -0.2) is 30.2 Å². The topological polar surface area (TPSA) is 105 Å². The van der Waals surface area contributed by atoms with Gasteiger partial charge in [-0.25, -0.2) is 15.0 Å². The Balaban J connectivity index is 1.65. The summed E-state index contributed by atoms with van der Waals surface area (Å²) in [5.41, 5.74) is 1.14. The van der Waals surface area contributed by atoms with Crippen molar-refractivity contribution in [1.29, 1.82) is 0 Å². The van der Waals surface area contributed by atoms with Crippen LogP contribution in [0.1, 0.15) is 35.6 Å². The van der Waals surface area contributed by atoms with Crippen LogP contribution in [0.2, 0.25) is 0 Å². The second kappa shape index (κ2) is 6.40. The van der Waals surface area contributed by atoms with Crippen molar-refractivity contribution in [2.75, 3.05) is 0 Å². The highest BCUT2D eigenvalue weighted by atomic mass is 16.2. The van der Waals surface area contributed by atoms with E-state index in [4.69, 9.17) is 0 Å². The minimum absolute atomic E-state index is 0.163. The Bertz CT molecular complexity index is 1130. The molecule has 0 spiro atoms. The maximum absolute atomic E-state index is 12.6. The number of para-hydroxylation sites is 2.